The van der Waals surface area contributed by atoms with E-state index in [0.29, 0.717) is 53.1 Å². The average Bonchev–Trinajstić information content (AvgIpc) is 2.98. The minimum Gasteiger partial charge on any atom is -0.504 e. The molecular weight excluding hydrogens is 520 g/mol. The Morgan fingerprint density at radius 1 is 0.683 bits per heavy atom. The topological polar surface area (TPSA) is 101 Å². The predicted molar refractivity (Wildman–Crippen MR) is 152 cm³/mol. The van der Waals surface area contributed by atoms with Crippen LogP contribution < -0.4 is 29.6 Å². The smallest absolute Gasteiger partial charge is 0.212 e. The molecule has 208 valence electrons. The first-order valence-corrected chi connectivity index (χ1v) is 14.1. The number of nitrogens with one attached hydrogen (secondary N) is 2. The second-order valence-electron chi connectivity index (χ2n) is 11.1. The van der Waals surface area contributed by atoms with Gasteiger partial charge in [-0.15, -0.1) is 0 Å². The summed E-state index contributed by atoms with van der Waals surface area (Å²) in [5.74, 6) is 3.78. The third-order valence-electron chi connectivity index (χ3n) is 8.62. The van der Waals surface area contributed by atoms with Crippen LogP contribution in [0.5, 0.6) is 51.7 Å². The minimum absolute atomic E-state index is 0.0531. The van der Waals surface area contributed by atoms with Crippen LogP contribution in [-0.2, 0) is 25.7 Å². The molecule has 8 heteroatoms. The van der Waals surface area contributed by atoms with Crippen molar-refractivity contribution in [1.29, 1.82) is 0 Å². The quantitative estimate of drug-likeness (QED) is 0.203. The molecule has 8 nitrogen and oxygen atoms in total. The Balaban J connectivity index is 1.36. The highest BCUT2D eigenvalue weighted by Gasteiger charge is 2.38. The molecule has 41 heavy (non-hydrogen) atoms. The van der Waals surface area contributed by atoms with Gasteiger partial charge in [-0.2, -0.15) is 0 Å². The highest BCUT2D eigenvalue weighted by atomic mass is 16.6. The molecule has 7 aliphatic heterocycles. The molecule has 4 N–H and O–H groups in total. The zero-order valence-electron chi connectivity index (χ0n) is 22.6. The number of aromatic hydroxyl groups is 2. The Morgan fingerprint density at radius 2 is 1.32 bits per heavy atom. The molecule has 10 bridgehead atoms. The van der Waals surface area contributed by atoms with Crippen LogP contribution >= 0.6 is 0 Å². The Hall–Kier alpha value is -4.40. The highest BCUT2D eigenvalue weighted by molar-refractivity contribution is 5.71. The molecule has 0 saturated carbocycles. The molecular formula is C33H30N2O6. The molecule has 0 amide bonds. The summed E-state index contributed by atoms with van der Waals surface area (Å²) in [6.45, 7) is 1.57. The van der Waals surface area contributed by atoms with Gasteiger partial charge in [0.2, 0.25) is 11.5 Å². The van der Waals surface area contributed by atoms with Gasteiger partial charge in [-0.3, -0.25) is 0 Å². The summed E-state index contributed by atoms with van der Waals surface area (Å²) in [7, 11) is 1.64. The molecule has 11 rings (SSSR count). The predicted octanol–water partition coefficient (Wildman–Crippen LogP) is 5.97. The second-order valence-corrected chi connectivity index (χ2v) is 11.1. The third-order valence-corrected chi connectivity index (χ3v) is 8.62. The molecule has 2 atom stereocenters. The first kappa shape index (κ1) is 24.4. The van der Waals surface area contributed by atoms with E-state index in [-0.39, 0.29) is 23.6 Å². The van der Waals surface area contributed by atoms with Crippen molar-refractivity contribution >= 4 is 0 Å². The molecule has 0 aliphatic carbocycles. The van der Waals surface area contributed by atoms with Crippen molar-refractivity contribution < 1.29 is 29.2 Å². The third kappa shape index (κ3) is 3.97. The standard InChI is InChI=1S/C33H30N2O6/c1-38-27-16-20-9-11-35-23-13-18-4-7-24(36)26(14-18)39-21-5-2-17(3-6-21)12-22-28-19(8-10-34-22)15-25(37)30-32(28)41-31(27)33(40-30)29(20)23/h2-7,14-16,22-23,34-37H,8-13H2,1H3. The fraction of sp³-hybridized carbons (Fsp3) is 0.273. The van der Waals surface area contributed by atoms with Crippen LogP contribution in [0.15, 0.2) is 54.6 Å². The van der Waals surface area contributed by atoms with Crippen LogP contribution in [-0.4, -0.2) is 30.4 Å². The first-order chi connectivity index (χ1) is 20.1. The van der Waals surface area contributed by atoms with Crippen molar-refractivity contribution in [1.82, 2.24) is 10.6 Å². The Morgan fingerprint density at radius 3 is 2.05 bits per heavy atom. The summed E-state index contributed by atoms with van der Waals surface area (Å²) in [6.07, 6.45) is 2.89. The van der Waals surface area contributed by atoms with Crippen LogP contribution in [0, 0.1) is 0 Å². The van der Waals surface area contributed by atoms with Gasteiger partial charge in [0.15, 0.2) is 34.5 Å². The monoisotopic (exact) mass is 550 g/mol. The molecule has 0 fully saturated rings. The normalized spacial score (nSPS) is 19.8. The van der Waals surface area contributed by atoms with E-state index in [0.717, 1.165) is 59.3 Å². The Kier molecular flexibility index (Phi) is 5.55. The van der Waals surface area contributed by atoms with Gasteiger partial charge < -0.3 is 39.8 Å². The number of hydrogen-bond acceptors (Lipinski definition) is 8. The molecule has 0 spiro atoms. The molecule has 0 saturated heterocycles. The summed E-state index contributed by atoms with van der Waals surface area (Å²) in [6, 6.07) is 17.1. The summed E-state index contributed by atoms with van der Waals surface area (Å²) in [5.41, 5.74) is 6.23. The van der Waals surface area contributed by atoms with E-state index in [2.05, 4.69) is 10.6 Å². The van der Waals surface area contributed by atoms with Crippen molar-refractivity contribution in [2.24, 2.45) is 0 Å². The molecule has 4 aromatic carbocycles. The molecule has 0 radical (unpaired) electrons. The Labute approximate surface area is 237 Å². The number of benzene rings is 4. The summed E-state index contributed by atoms with van der Waals surface area (Å²) in [5, 5.41) is 29.1. The lowest BCUT2D eigenvalue weighted by Crippen LogP contribution is -2.33. The van der Waals surface area contributed by atoms with Gasteiger partial charge in [0.1, 0.15) is 5.75 Å². The second kappa shape index (κ2) is 9.33. The SMILES string of the molecule is COc1cc2c3c4c1Oc1c(c(O)cc5c1C(Cc1ccc(cc1)Oc1cc(ccc1O)CC3NCC2)NCC5)O4. The summed E-state index contributed by atoms with van der Waals surface area (Å²) < 4.78 is 25.3. The fourth-order valence-electron chi connectivity index (χ4n) is 6.68. The number of hydrogen-bond donors (Lipinski definition) is 4. The van der Waals surface area contributed by atoms with E-state index < -0.39 is 0 Å². The zero-order chi connectivity index (χ0) is 27.7. The van der Waals surface area contributed by atoms with Crippen LogP contribution in [0.25, 0.3) is 0 Å². The lowest BCUT2D eigenvalue weighted by Gasteiger charge is -2.36. The van der Waals surface area contributed by atoms with E-state index >= 15 is 0 Å². The van der Waals surface area contributed by atoms with E-state index in [1.807, 2.05) is 48.5 Å². The Bertz CT molecular complexity index is 1700. The first-order valence-electron chi connectivity index (χ1n) is 14.1. The van der Waals surface area contributed by atoms with Gasteiger partial charge in [0.25, 0.3) is 0 Å². The van der Waals surface area contributed by atoms with Crippen molar-refractivity contribution in [3.05, 3.63) is 88.0 Å². The van der Waals surface area contributed by atoms with Crippen molar-refractivity contribution in [3.63, 3.8) is 0 Å². The van der Waals surface area contributed by atoms with Gasteiger partial charge in [-0.05, 0) is 97.4 Å². The van der Waals surface area contributed by atoms with Gasteiger partial charge in [-0.1, -0.05) is 18.2 Å². The van der Waals surface area contributed by atoms with Crippen LogP contribution in [0.1, 0.15) is 45.5 Å². The van der Waals surface area contributed by atoms with Gasteiger partial charge in [0.05, 0.1) is 7.11 Å². The van der Waals surface area contributed by atoms with E-state index in [1.165, 1.54) is 0 Å². The lowest BCUT2D eigenvalue weighted by atomic mass is 9.87. The minimum atomic E-state index is -0.103. The van der Waals surface area contributed by atoms with Crippen LogP contribution in [0.2, 0.25) is 0 Å². The molecule has 2 unspecified atom stereocenters. The van der Waals surface area contributed by atoms with Crippen LogP contribution in [0.3, 0.4) is 0 Å². The maximum Gasteiger partial charge on any atom is 0.212 e. The highest BCUT2D eigenvalue weighted by Crippen LogP contribution is 2.59. The summed E-state index contributed by atoms with van der Waals surface area (Å²) >= 11 is 0. The van der Waals surface area contributed by atoms with Gasteiger partial charge in [0, 0.05) is 23.2 Å². The number of phenols is 2. The number of ether oxygens (including phenoxy) is 4. The largest absolute Gasteiger partial charge is 0.504 e. The molecule has 4 aromatic rings. The maximum atomic E-state index is 11.2. The van der Waals surface area contributed by atoms with Gasteiger partial charge in [-0.25, -0.2) is 0 Å². The van der Waals surface area contributed by atoms with E-state index in [1.54, 1.807) is 13.2 Å². The molecule has 0 aromatic heterocycles. The molecule has 7 aliphatic rings. The zero-order valence-corrected chi connectivity index (χ0v) is 22.6. The van der Waals surface area contributed by atoms with E-state index in [9.17, 15) is 10.2 Å². The van der Waals surface area contributed by atoms with Crippen molar-refractivity contribution in [3.8, 4) is 51.7 Å². The number of rotatable bonds is 1. The maximum absolute atomic E-state index is 11.2. The average molecular weight is 551 g/mol. The lowest BCUT2D eigenvalue weighted by molar-refractivity contribution is 0.300. The summed E-state index contributed by atoms with van der Waals surface area (Å²) in [4.78, 5) is 0. The molecule has 7 heterocycles. The fourth-order valence-corrected chi connectivity index (χ4v) is 6.68. The van der Waals surface area contributed by atoms with Crippen molar-refractivity contribution in [2.45, 2.75) is 37.8 Å². The van der Waals surface area contributed by atoms with Crippen molar-refractivity contribution in [2.75, 3.05) is 20.2 Å². The van der Waals surface area contributed by atoms with Crippen LogP contribution in [0.4, 0.5) is 0 Å². The van der Waals surface area contributed by atoms with E-state index in [4.69, 9.17) is 18.9 Å². The number of methoxy groups -OCH3 is 1. The number of phenolic OH excluding ortho intramolecular Hbond substituents is 2. The van der Waals surface area contributed by atoms with Gasteiger partial charge >= 0.3 is 0 Å².